The molecule has 1 N–H and O–H groups in total. The third-order valence-corrected chi connectivity index (χ3v) is 1.04. The smallest absolute Gasteiger partial charge is 0.0708 e. The minimum atomic E-state index is -0.539. The Morgan fingerprint density at radius 1 is 1.75 bits per heavy atom. The maximum absolute atomic E-state index is 9.55. The van der Waals surface area contributed by atoms with Gasteiger partial charge in [0.25, 0.3) is 0 Å². The van der Waals surface area contributed by atoms with E-state index >= 15 is 0 Å². The third-order valence-electron chi connectivity index (χ3n) is 0.480. The van der Waals surface area contributed by atoms with Gasteiger partial charge in [-0.25, -0.2) is 0 Å². The lowest BCUT2D eigenvalue weighted by Gasteiger charge is -2.17. The van der Waals surface area contributed by atoms with Crippen molar-refractivity contribution in [2.75, 3.05) is 11.9 Å². The fraction of sp³-hybridized carbons (Fsp3) is 1.00. The van der Waals surface area contributed by atoms with E-state index in [-0.39, 0.29) is 6.61 Å². The van der Waals surface area contributed by atoms with E-state index in [4.69, 9.17) is 5.21 Å². The van der Waals surface area contributed by atoms with E-state index in [1.165, 1.54) is 0 Å². The van der Waals surface area contributed by atoms with E-state index in [9.17, 15) is 5.21 Å². The minimum absolute atomic E-state index is 0.241. The fourth-order valence-corrected chi connectivity index (χ4v) is 0.426. The highest BCUT2D eigenvalue weighted by atomic mass is 79.9. The van der Waals surface area contributed by atoms with Crippen LogP contribution in [-0.4, -0.2) is 22.5 Å². The molecule has 0 amide bonds. The van der Waals surface area contributed by atoms with Crippen LogP contribution in [-0.2, 0) is 4.84 Å². The Bertz CT molecular complexity index is 51.8. The molecule has 0 aromatic carbocycles. The monoisotopic (exact) mass is 184 g/mol. The number of alkyl halides is 1. The van der Waals surface area contributed by atoms with Crippen LogP contribution in [0.25, 0.3) is 0 Å². The maximum Gasteiger partial charge on any atom is 0.0708 e. The number of halogens is 1. The molecule has 0 bridgehead atoms. The van der Waals surface area contributed by atoms with Crippen LogP contribution in [0.15, 0.2) is 0 Å². The van der Waals surface area contributed by atoms with Crippen molar-refractivity contribution in [1.29, 1.82) is 0 Å². The van der Waals surface area contributed by atoms with Gasteiger partial charge in [-0.15, -0.1) is 5.39 Å². The Kier molecular flexibility index (Phi) is 5.67. The summed E-state index contributed by atoms with van der Waals surface area (Å²) in [5.74, 6) is 0. The normalized spacial score (nSPS) is 10.5. The van der Waals surface area contributed by atoms with E-state index in [0.29, 0.717) is 6.42 Å². The van der Waals surface area contributed by atoms with Gasteiger partial charge >= 0.3 is 0 Å². The molecule has 0 aromatic rings. The van der Waals surface area contributed by atoms with Crippen molar-refractivity contribution in [2.45, 2.75) is 6.42 Å². The molecule has 0 saturated carbocycles. The van der Waals surface area contributed by atoms with Gasteiger partial charge in [-0.3, -0.25) is 4.84 Å². The van der Waals surface area contributed by atoms with Crippen LogP contribution < -0.4 is 0 Å². The number of hydrogen-bond donors (Lipinski definition) is 1. The Balaban J connectivity index is 2.72. The zero-order chi connectivity index (χ0) is 6.41. The predicted molar refractivity (Wildman–Crippen MR) is 31.4 cm³/mol. The summed E-state index contributed by atoms with van der Waals surface area (Å²) in [4.78, 5) is 4.09. The molecule has 0 aliphatic carbocycles. The van der Waals surface area contributed by atoms with Gasteiger partial charge < -0.3 is 10.4 Å². The minimum Gasteiger partial charge on any atom is -0.738 e. The fourth-order valence-electron chi connectivity index (χ4n) is 0.197. The first kappa shape index (κ1) is 8.32. The number of rotatable bonds is 4. The van der Waals surface area contributed by atoms with Crippen molar-refractivity contribution in [3.8, 4) is 0 Å². The number of hydrogen-bond acceptors (Lipinski definition) is 4. The highest BCUT2D eigenvalue weighted by Crippen LogP contribution is 1.89. The zero-order valence-electron chi connectivity index (χ0n) is 4.21. The van der Waals surface area contributed by atoms with E-state index in [1.807, 2.05) is 0 Å². The Morgan fingerprint density at radius 3 is 2.75 bits per heavy atom. The summed E-state index contributed by atoms with van der Waals surface area (Å²) in [6, 6.07) is 0. The molecular weight excluding hydrogens is 178 g/mol. The van der Waals surface area contributed by atoms with Gasteiger partial charge in [-0.05, 0) is 6.42 Å². The SMILES string of the molecule is [O-]N(O)OCCCBr. The van der Waals surface area contributed by atoms with Crippen molar-refractivity contribution in [3.63, 3.8) is 0 Å². The van der Waals surface area contributed by atoms with Crippen LogP contribution in [0.2, 0.25) is 0 Å². The molecule has 0 aliphatic rings. The van der Waals surface area contributed by atoms with Crippen LogP contribution in [0.5, 0.6) is 0 Å². The van der Waals surface area contributed by atoms with Gasteiger partial charge in [0.1, 0.15) is 0 Å². The van der Waals surface area contributed by atoms with Crippen LogP contribution >= 0.6 is 15.9 Å². The first-order valence-electron chi connectivity index (χ1n) is 2.12. The highest BCUT2D eigenvalue weighted by molar-refractivity contribution is 9.09. The third kappa shape index (κ3) is 6.32. The molecule has 4 nitrogen and oxygen atoms in total. The summed E-state index contributed by atoms with van der Waals surface area (Å²) in [5.41, 5.74) is 0. The van der Waals surface area contributed by atoms with Gasteiger partial charge in [0, 0.05) is 5.33 Å². The molecule has 50 valence electrons. The van der Waals surface area contributed by atoms with Crippen LogP contribution in [0.1, 0.15) is 6.42 Å². The molecule has 0 heterocycles. The summed E-state index contributed by atoms with van der Waals surface area (Å²) in [6.45, 7) is 0.241. The van der Waals surface area contributed by atoms with Gasteiger partial charge in [-0.1, -0.05) is 15.9 Å². The lowest BCUT2D eigenvalue weighted by Crippen LogP contribution is -2.11. The van der Waals surface area contributed by atoms with Crippen LogP contribution in [0.3, 0.4) is 0 Å². The molecule has 0 radical (unpaired) electrons. The van der Waals surface area contributed by atoms with Crippen molar-refractivity contribution in [2.24, 2.45) is 0 Å². The summed E-state index contributed by atoms with van der Waals surface area (Å²) < 4.78 is 0. The Morgan fingerprint density at radius 2 is 2.38 bits per heavy atom. The lowest BCUT2D eigenvalue weighted by molar-refractivity contribution is -0.304. The van der Waals surface area contributed by atoms with Gasteiger partial charge in [-0.2, -0.15) is 0 Å². The molecule has 0 atom stereocenters. The predicted octanol–water partition coefficient (Wildman–Crippen LogP) is 0.892. The molecular formula is C3H7BrNO3-. The zero-order valence-corrected chi connectivity index (χ0v) is 5.80. The quantitative estimate of drug-likeness (QED) is 0.401. The second-order valence-electron chi connectivity index (χ2n) is 1.11. The summed E-state index contributed by atoms with van der Waals surface area (Å²) in [5, 5.41) is 17.6. The average molecular weight is 185 g/mol. The van der Waals surface area contributed by atoms with Crippen LogP contribution in [0.4, 0.5) is 0 Å². The molecule has 0 unspecified atom stereocenters. The van der Waals surface area contributed by atoms with Gasteiger partial charge in [0.05, 0.1) is 6.61 Å². The van der Waals surface area contributed by atoms with Crippen molar-refractivity contribution >= 4 is 15.9 Å². The van der Waals surface area contributed by atoms with Crippen molar-refractivity contribution in [1.82, 2.24) is 5.39 Å². The summed E-state index contributed by atoms with van der Waals surface area (Å²) in [7, 11) is 0. The van der Waals surface area contributed by atoms with Crippen molar-refractivity contribution in [3.05, 3.63) is 5.21 Å². The second-order valence-corrected chi connectivity index (χ2v) is 1.91. The summed E-state index contributed by atoms with van der Waals surface area (Å²) in [6.07, 6.45) is 0.708. The van der Waals surface area contributed by atoms with Gasteiger partial charge in [0.2, 0.25) is 0 Å². The lowest BCUT2D eigenvalue weighted by atomic mass is 10.5. The van der Waals surface area contributed by atoms with E-state index in [0.717, 1.165) is 5.33 Å². The summed E-state index contributed by atoms with van der Waals surface area (Å²) >= 11 is 3.12. The van der Waals surface area contributed by atoms with Crippen molar-refractivity contribution < 1.29 is 10.0 Å². The van der Waals surface area contributed by atoms with Crippen LogP contribution in [0, 0.1) is 5.21 Å². The molecule has 0 aliphatic heterocycles. The average Bonchev–Trinajstić information content (AvgIpc) is 1.66. The van der Waals surface area contributed by atoms with E-state index in [1.54, 1.807) is 0 Å². The molecule has 8 heavy (non-hydrogen) atoms. The molecule has 0 aromatic heterocycles. The first-order valence-corrected chi connectivity index (χ1v) is 3.24. The molecule has 0 saturated heterocycles. The second kappa shape index (κ2) is 5.46. The standard InChI is InChI=1S/C3H7BrNO3/c4-2-1-3-8-5(6)7/h6H,1-3H2/q-1. The molecule has 0 spiro atoms. The molecule has 5 heteroatoms. The van der Waals surface area contributed by atoms with E-state index < -0.39 is 5.39 Å². The largest absolute Gasteiger partial charge is 0.738 e. The topological polar surface area (TPSA) is 55.8 Å². The number of nitrogens with zero attached hydrogens (tertiary/aromatic N) is 1. The maximum atomic E-state index is 9.55. The Hall–Kier alpha value is 0.320. The van der Waals surface area contributed by atoms with E-state index in [2.05, 4.69) is 20.8 Å². The first-order chi connectivity index (χ1) is 3.77. The molecule has 0 fully saturated rings. The van der Waals surface area contributed by atoms with Gasteiger partial charge in [0.15, 0.2) is 0 Å². The Labute approximate surface area is 55.7 Å². The highest BCUT2D eigenvalue weighted by Gasteiger charge is 1.83. The molecule has 0 rings (SSSR count).